The molecule has 0 amide bonds. The van der Waals surface area contributed by atoms with Gasteiger partial charge in [0.2, 0.25) is 0 Å². The van der Waals surface area contributed by atoms with Crippen LogP contribution in [-0.4, -0.2) is 30.3 Å². The largest absolute Gasteiger partial charge is 0.295 e. The fourth-order valence-electron chi connectivity index (χ4n) is 1.88. The number of hydrogen-bond donors (Lipinski definition) is 0. The van der Waals surface area contributed by atoms with E-state index in [1.54, 1.807) is 0 Å². The molecule has 0 saturated heterocycles. The molecule has 3 nitrogen and oxygen atoms in total. The van der Waals surface area contributed by atoms with Gasteiger partial charge in [0.05, 0.1) is 12.6 Å². The number of ketones is 1. The number of carbonyl (C=O) groups is 1. The molecule has 0 atom stereocenters. The maximum absolute atomic E-state index is 12.2. The molecule has 0 fully saturated rings. The second-order valence-electron chi connectivity index (χ2n) is 4.52. The van der Waals surface area contributed by atoms with E-state index in [-0.39, 0.29) is 5.78 Å². The van der Waals surface area contributed by atoms with Crippen LogP contribution < -0.4 is 0 Å². The summed E-state index contributed by atoms with van der Waals surface area (Å²) in [5.41, 5.74) is 2.91. The van der Waals surface area contributed by atoms with Crippen molar-refractivity contribution in [2.75, 3.05) is 19.6 Å². The Balaban J connectivity index is 2.75. The Kier molecular flexibility index (Phi) is 5.54. The van der Waals surface area contributed by atoms with E-state index >= 15 is 0 Å². The molecule has 0 aliphatic carbocycles. The Labute approximate surface area is 109 Å². The van der Waals surface area contributed by atoms with E-state index in [1.807, 2.05) is 43.9 Å². The van der Waals surface area contributed by atoms with Crippen molar-refractivity contribution in [1.29, 1.82) is 5.26 Å². The van der Waals surface area contributed by atoms with Gasteiger partial charge in [-0.05, 0) is 32.0 Å². The molecule has 0 aliphatic rings. The Morgan fingerprint density at radius 1 is 1.39 bits per heavy atom. The van der Waals surface area contributed by atoms with Crippen LogP contribution in [0.4, 0.5) is 0 Å². The third-order valence-corrected chi connectivity index (χ3v) is 3.05. The zero-order valence-corrected chi connectivity index (χ0v) is 11.4. The molecule has 1 rings (SSSR count). The van der Waals surface area contributed by atoms with Gasteiger partial charge >= 0.3 is 0 Å². The van der Waals surface area contributed by atoms with Gasteiger partial charge in [-0.3, -0.25) is 9.69 Å². The first-order valence-corrected chi connectivity index (χ1v) is 6.28. The lowest BCUT2D eigenvalue weighted by molar-refractivity contribution is 0.0934. The van der Waals surface area contributed by atoms with Crippen LogP contribution in [0.15, 0.2) is 18.2 Å². The molecule has 96 valence electrons. The molecule has 0 aliphatic heterocycles. The zero-order chi connectivity index (χ0) is 13.5. The van der Waals surface area contributed by atoms with Crippen LogP contribution in [0.2, 0.25) is 0 Å². The van der Waals surface area contributed by atoms with Gasteiger partial charge in [-0.15, -0.1) is 0 Å². The van der Waals surface area contributed by atoms with Gasteiger partial charge in [0.15, 0.2) is 5.78 Å². The molecule has 0 radical (unpaired) electrons. The highest BCUT2D eigenvalue weighted by atomic mass is 16.1. The molecule has 0 heterocycles. The van der Waals surface area contributed by atoms with Gasteiger partial charge in [-0.25, -0.2) is 0 Å². The third kappa shape index (κ3) is 3.97. The number of nitrogens with zero attached hydrogens (tertiary/aromatic N) is 2. The van der Waals surface area contributed by atoms with E-state index in [9.17, 15) is 4.79 Å². The summed E-state index contributed by atoms with van der Waals surface area (Å²) in [6.45, 7) is 7.79. The van der Waals surface area contributed by atoms with E-state index in [0.717, 1.165) is 23.2 Å². The molecule has 0 aromatic heterocycles. The van der Waals surface area contributed by atoms with Crippen LogP contribution in [0.25, 0.3) is 0 Å². The SMILES string of the molecule is CCN(CCC#N)CC(=O)c1cc(C)ccc1C. The molecule has 0 N–H and O–H groups in total. The van der Waals surface area contributed by atoms with Crippen molar-refractivity contribution in [3.05, 3.63) is 34.9 Å². The highest BCUT2D eigenvalue weighted by Gasteiger charge is 2.13. The molecular formula is C15H20N2O. The molecule has 0 unspecified atom stereocenters. The van der Waals surface area contributed by atoms with E-state index in [1.165, 1.54) is 0 Å². The minimum absolute atomic E-state index is 0.135. The summed E-state index contributed by atoms with van der Waals surface area (Å²) in [6.07, 6.45) is 0.466. The van der Waals surface area contributed by atoms with Gasteiger partial charge in [0.25, 0.3) is 0 Å². The van der Waals surface area contributed by atoms with Crippen molar-refractivity contribution in [1.82, 2.24) is 4.90 Å². The van der Waals surface area contributed by atoms with Crippen molar-refractivity contribution in [3.63, 3.8) is 0 Å². The van der Waals surface area contributed by atoms with Gasteiger partial charge in [0, 0.05) is 18.5 Å². The van der Waals surface area contributed by atoms with Crippen molar-refractivity contribution in [2.45, 2.75) is 27.2 Å². The fraction of sp³-hybridized carbons (Fsp3) is 0.467. The summed E-state index contributed by atoms with van der Waals surface area (Å²) < 4.78 is 0. The quantitative estimate of drug-likeness (QED) is 0.723. The maximum atomic E-state index is 12.2. The topological polar surface area (TPSA) is 44.1 Å². The predicted molar refractivity (Wildman–Crippen MR) is 72.6 cm³/mol. The van der Waals surface area contributed by atoms with Crippen LogP contribution in [-0.2, 0) is 0 Å². The lowest BCUT2D eigenvalue weighted by atomic mass is 10.0. The Morgan fingerprint density at radius 2 is 2.11 bits per heavy atom. The highest BCUT2D eigenvalue weighted by Crippen LogP contribution is 2.12. The summed E-state index contributed by atoms with van der Waals surface area (Å²) in [6, 6.07) is 8.05. The summed E-state index contributed by atoms with van der Waals surface area (Å²) in [4.78, 5) is 14.2. The Hall–Kier alpha value is -1.66. The number of aryl methyl sites for hydroxylation is 2. The van der Waals surface area contributed by atoms with Gasteiger partial charge in [0.1, 0.15) is 0 Å². The average Bonchev–Trinajstić information content (AvgIpc) is 2.37. The number of Topliss-reactive ketones (excluding diaryl/α,β-unsaturated/α-hetero) is 1. The Bertz CT molecular complexity index is 460. The molecule has 0 bridgehead atoms. The normalized spacial score (nSPS) is 10.4. The smallest absolute Gasteiger partial charge is 0.177 e. The minimum atomic E-state index is 0.135. The van der Waals surface area contributed by atoms with Crippen LogP contribution >= 0.6 is 0 Å². The number of benzene rings is 1. The number of hydrogen-bond acceptors (Lipinski definition) is 3. The second-order valence-corrected chi connectivity index (χ2v) is 4.52. The number of nitriles is 1. The monoisotopic (exact) mass is 244 g/mol. The standard InChI is InChI=1S/C15H20N2O/c1-4-17(9-5-8-16)11-15(18)14-10-12(2)6-7-13(14)3/h6-7,10H,4-5,9,11H2,1-3H3. The lowest BCUT2D eigenvalue weighted by Gasteiger charge is -2.18. The van der Waals surface area contributed by atoms with Crippen molar-refractivity contribution in [3.8, 4) is 6.07 Å². The predicted octanol–water partition coefficient (Wildman–Crippen LogP) is 2.72. The first-order valence-electron chi connectivity index (χ1n) is 6.28. The first-order chi connectivity index (χ1) is 8.58. The maximum Gasteiger partial charge on any atom is 0.177 e. The summed E-state index contributed by atoms with van der Waals surface area (Å²) in [5.74, 6) is 0.135. The van der Waals surface area contributed by atoms with E-state index < -0.39 is 0 Å². The second kappa shape index (κ2) is 6.93. The molecule has 0 spiro atoms. The van der Waals surface area contributed by atoms with Crippen molar-refractivity contribution >= 4 is 5.78 Å². The molecule has 1 aromatic carbocycles. The molecule has 1 aromatic rings. The highest BCUT2D eigenvalue weighted by molar-refractivity contribution is 5.99. The lowest BCUT2D eigenvalue weighted by Crippen LogP contribution is -2.31. The molecule has 3 heteroatoms. The fourth-order valence-corrected chi connectivity index (χ4v) is 1.88. The minimum Gasteiger partial charge on any atom is -0.295 e. The summed E-state index contributed by atoms with van der Waals surface area (Å²) >= 11 is 0. The average molecular weight is 244 g/mol. The summed E-state index contributed by atoms with van der Waals surface area (Å²) in [5, 5.41) is 8.58. The molecular weight excluding hydrogens is 224 g/mol. The molecule has 0 saturated carbocycles. The van der Waals surface area contributed by atoms with Crippen LogP contribution in [0.3, 0.4) is 0 Å². The number of likely N-dealkylation sites (N-methyl/N-ethyl adjacent to an activating group) is 1. The van der Waals surface area contributed by atoms with Crippen molar-refractivity contribution in [2.24, 2.45) is 0 Å². The van der Waals surface area contributed by atoms with Crippen LogP contribution in [0.5, 0.6) is 0 Å². The van der Waals surface area contributed by atoms with Gasteiger partial charge in [-0.1, -0.05) is 24.6 Å². The number of rotatable bonds is 6. The zero-order valence-electron chi connectivity index (χ0n) is 11.4. The molecule has 18 heavy (non-hydrogen) atoms. The van der Waals surface area contributed by atoms with E-state index in [2.05, 4.69) is 6.07 Å². The van der Waals surface area contributed by atoms with Crippen molar-refractivity contribution < 1.29 is 4.79 Å². The summed E-state index contributed by atoms with van der Waals surface area (Å²) in [7, 11) is 0. The van der Waals surface area contributed by atoms with Gasteiger partial charge < -0.3 is 0 Å². The Morgan fingerprint density at radius 3 is 2.72 bits per heavy atom. The van der Waals surface area contributed by atoms with E-state index in [0.29, 0.717) is 19.5 Å². The van der Waals surface area contributed by atoms with E-state index in [4.69, 9.17) is 5.26 Å². The van der Waals surface area contributed by atoms with Crippen LogP contribution in [0.1, 0.15) is 34.8 Å². The third-order valence-electron chi connectivity index (χ3n) is 3.05. The van der Waals surface area contributed by atoms with Gasteiger partial charge in [-0.2, -0.15) is 5.26 Å². The first kappa shape index (κ1) is 14.4. The van der Waals surface area contributed by atoms with Crippen LogP contribution in [0, 0.1) is 25.2 Å². The number of carbonyl (C=O) groups excluding carboxylic acids is 1.